The Kier molecular flexibility index (Phi) is 5.53. The Hall–Kier alpha value is -2.38. The average molecular weight is 407 g/mol. The number of aromatic nitrogens is 4. The number of nitrogens with zero attached hydrogens (tertiary/aromatic N) is 4. The van der Waals surface area contributed by atoms with Crippen molar-refractivity contribution in [1.82, 2.24) is 25.1 Å². The van der Waals surface area contributed by atoms with Gasteiger partial charge in [-0.2, -0.15) is 5.10 Å². The fourth-order valence-corrected chi connectivity index (χ4v) is 3.40. The molecule has 0 aliphatic carbocycles. The highest BCUT2D eigenvalue weighted by molar-refractivity contribution is 6.32. The third-order valence-electron chi connectivity index (χ3n) is 4.11. The van der Waals surface area contributed by atoms with E-state index in [1.165, 1.54) is 12.1 Å². The zero-order valence-corrected chi connectivity index (χ0v) is 17.0. The molecule has 3 heterocycles. The minimum absolute atomic E-state index is 0.207. The molecule has 9 heteroatoms. The van der Waals surface area contributed by atoms with Gasteiger partial charge in [0.25, 0.3) is 0 Å². The van der Waals surface area contributed by atoms with Crippen molar-refractivity contribution in [2.24, 2.45) is 7.05 Å². The number of anilines is 1. The van der Waals surface area contributed by atoms with Gasteiger partial charge in [-0.3, -0.25) is 4.68 Å². The molecule has 27 heavy (non-hydrogen) atoms. The standard InChI is InChI=1S/C18H20Cl2N6O/c1-9(2)13-5-12(22-16-10(3)25-26(4)17(13)16)8-21-18(27)23-11-6-14(19)24-15(20)7-11/h5-7,9H,8H2,1-4H3,(H2,21,23,24,27). The van der Waals surface area contributed by atoms with Gasteiger partial charge in [0.2, 0.25) is 0 Å². The number of halogens is 2. The van der Waals surface area contributed by atoms with Gasteiger partial charge >= 0.3 is 6.03 Å². The van der Waals surface area contributed by atoms with Gasteiger partial charge in [0, 0.05) is 12.7 Å². The largest absolute Gasteiger partial charge is 0.332 e. The first kappa shape index (κ1) is 19.4. The van der Waals surface area contributed by atoms with E-state index in [9.17, 15) is 4.79 Å². The number of fused-ring (bicyclic) bond motifs is 1. The van der Waals surface area contributed by atoms with E-state index in [0.717, 1.165) is 28.0 Å². The lowest BCUT2D eigenvalue weighted by Gasteiger charge is -2.12. The van der Waals surface area contributed by atoms with Crippen molar-refractivity contribution in [2.75, 3.05) is 5.32 Å². The van der Waals surface area contributed by atoms with Gasteiger partial charge in [0.1, 0.15) is 15.8 Å². The third kappa shape index (κ3) is 4.31. The van der Waals surface area contributed by atoms with Crippen LogP contribution in [-0.2, 0) is 13.6 Å². The summed E-state index contributed by atoms with van der Waals surface area (Å²) in [7, 11) is 1.92. The van der Waals surface area contributed by atoms with E-state index in [1.807, 2.05) is 24.7 Å². The first-order valence-electron chi connectivity index (χ1n) is 8.45. The Balaban J connectivity index is 1.78. The number of pyridine rings is 2. The number of hydrogen-bond acceptors (Lipinski definition) is 4. The van der Waals surface area contributed by atoms with E-state index in [4.69, 9.17) is 23.2 Å². The van der Waals surface area contributed by atoms with Crippen LogP contribution < -0.4 is 10.6 Å². The van der Waals surface area contributed by atoms with Crippen molar-refractivity contribution >= 4 is 46.0 Å². The molecule has 142 valence electrons. The van der Waals surface area contributed by atoms with Crippen LogP contribution in [0.4, 0.5) is 10.5 Å². The topological polar surface area (TPSA) is 84.7 Å². The van der Waals surface area contributed by atoms with E-state index in [-0.39, 0.29) is 22.9 Å². The molecule has 0 unspecified atom stereocenters. The lowest BCUT2D eigenvalue weighted by atomic mass is 10.0. The molecule has 0 aromatic carbocycles. The molecule has 0 aliphatic rings. The molecule has 0 atom stereocenters. The maximum atomic E-state index is 12.2. The summed E-state index contributed by atoms with van der Waals surface area (Å²) in [5.41, 5.74) is 5.12. The summed E-state index contributed by atoms with van der Waals surface area (Å²) >= 11 is 11.7. The Morgan fingerprint density at radius 3 is 2.48 bits per heavy atom. The van der Waals surface area contributed by atoms with Crippen LogP contribution in [0.1, 0.15) is 36.7 Å². The van der Waals surface area contributed by atoms with Crippen molar-refractivity contribution in [3.8, 4) is 0 Å². The predicted molar refractivity (Wildman–Crippen MR) is 107 cm³/mol. The molecule has 3 aromatic heterocycles. The molecule has 0 aliphatic heterocycles. The maximum Gasteiger partial charge on any atom is 0.319 e. The minimum Gasteiger partial charge on any atom is -0.332 e. The summed E-state index contributed by atoms with van der Waals surface area (Å²) in [6.45, 7) is 6.46. The highest BCUT2D eigenvalue weighted by atomic mass is 35.5. The second kappa shape index (κ2) is 7.70. The summed E-state index contributed by atoms with van der Waals surface area (Å²) in [6, 6.07) is 4.67. The smallest absolute Gasteiger partial charge is 0.319 e. The van der Waals surface area contributed by atoms with Crippen molar-refractivity contribution in [2.45, 2.75) is 33.2 Å². The van der Waals surface area contributed by atoms with Gasteiger partial charge in [-0.15, -0.1) is 0 Å². The van der Waals surface area contributed by atoms with Crippen LogP contribution in [0.25, 0.3) is 11.0 Å². The van der Waals surface area contributed by atoms with Crippen molar-refractivity contribution in [1.29, 1.82) is 0 Å². The van der Waals surface area contributed by atoms with Gasteiger partial charge in [-0.05, 0) is 36.6 Å². The quantitative estimate of drug-likeness (QED) is 0.627. The lowest BCUT2D eigenvalue weighted by molar-refractivity contribution is 0.251. The van der Waals surface area contributed by atoms with Gasteiger partial charge in [-0.25, -0.2) is 14.8 Å². The fraction of sp³-hybridized carbons (Fsp3) is 0.333. The zero-order valence-electron chi connectivity index (χ0n) is 15.5. The fourth-order valence-electron chi connectivity index (χ4n) is 2.94. The Morgan fingerprint density at radius 2 is 1.85 bits per heavy atom. The molecule has 0 radical (unpaired) electrons. The molecule has 2 amide bonds. The van der Waals surface area contributed by atoms with E-state index < -0.39 is 0 Å². The number of carbonyl (C=O) groups excluding carboxylic acids is 1. The molecular weight excluding hydrogens is 387 g/mol. The Bertz CT molecular complexity index is 994. The highest BCUT2D eigenvalue weighted by Gasteiger charge is 2.16. The molecule has 7 nitrogen and oxygen atoms in total. The van der Waals surface area contributed by atoms with Crippen LogP contribution in [0.15, 0.2) is 18.2 Å². The van der Waals surface area contributed by atoms with Gasteiger partial charge in [-0.1, -0.05) is 37.0 Å². The summed E-state index contributed by atoms with van der Waals surface area (Å²) in [5.74, 6) is 0.305. The lowest BCUT2D eigenvalue weighted by Crippen LogP contribution is -2.28. The summed E-state index contributed by atoms with van der Waals surface area (Å²) in [5, 5.41) is 10.4. The van der Waals surface area contributed by atoms with E-state index in [0.29, 0.717) is 11.6 Å². The SMILES string of the molecule is Cc1nn(C)c2c(C(C)C)cc(CNC(=O)Nc3cc(Cl)nc(Cl)c3)nc12. The molecule has 3 rings (SSSR count). The van der Waals surface area contributed by atoms with Crippen molar-refractivity contribution < 1.29 is 4.79 Å². The average Bonchev–Trinajstić information content (AvgIpc) is 2.85. The van der Waals surface area contributed by atoms with Crippen LogP contribution in [0.5, 0.6) is 0 Å². The second-order valence-electron chi connectivity index (χ2n) is 6.57. The molecule has 0 fully saturated rings. The second-order valence-corrected chi connectivity index (χ2v) is 7.35. The molecule has 2 N–H and O–H groups in total. The Morgan fingerprint density at radius 1 is 1.19 bits per heavy atom. The molecule has 0 saturated carbocycles. The van der Waals surface area contributed by atoms with Crippen LogP contribution in [0, 0.1) is 6.92 Å². The van der Waals surface area contributed by atoms with Crippen LogP contribution >= 0.6 is 23.2 Å². The van der Waals surface area contributed by atoms with E-state index in [2.05, 4.69) is 39.5 Å². The number of hydrogen-bond donors (Lipinski definition) is 2. The first-order valence-corrected chi connectivity index (χ1v) is 9.21. The molecule has 3 aromatic rings. The van der Waals surface area contributed by atoms with Crippen molar-refractivity contribution in [3.05, 3.63) is 45.5 Å². The number of urea groups is 1. The molecule has 0 saturated heterocycles. The van der Waals surface area contributed by atoms with Crippen LogP contribution in [0.3, 0.4) is 0 Å². The number of carbonyl (C=O) groups is 1. The van der Waals surface area contributed by atoms with E-state index in [1.54, 1.807) is 0 Å². The number of rotatable bonds is 4. The van der Waals surface area contributed by atoms with Gasteiger partial charge in [0.15, 0.2) is 0 Å². The van der Waals surface area contributed by atoms with E-state index >= 15 is 0 Å². The molecular formula is C18H20Cl2N6O. The van der Waals surface area contributed by atoms with Gasteiger partial charge < -0.3 is 10.6 Å². The summed E-state index contributed by atoms with van der Waals surface area (Å²) in [6.07, 6.45) is 0. The number of nitrogens with one attached hydrogen (secondary N) is 2. The predicted octanol–water partition coefficient (Wildman–Crippen LogP) is 4.42. The highest BCUT2D eigenvalue weighted by Crippen LogP contribution is 2.26. The zero-order chi connectivity index (χ0) is 19.7. The number of amides is 2. The van der Waals surface area contributed by atoms with Crippen LogP contribution in [-0.4, -0.2) is 25.8 Å². The molecule has 0 bridgehead atoms. The van der Waals surface area contributed by atoms with Crippen LogP contribution in [0.2, 0.25) is 10.3 Å². The third-order valence-corrected chi connectivity index (χ3v) is 4.50. The maximum absolute atomic E-state index is 12.2. The monoisotopic (exact) mass is 406 g/mol. The van der Waals surface area contributed by atoms with Gasteiger partial charge in [0.05, 0.1) is 23.4 Å². The molecule has 0 spiro atoms. The summed E-state index contributed by atoms with van der Waals surface area (Å²) in [4.78, 5) is 20.7. The Labute approximate surface area is 167 Å². The first-order chi connectivity index (χ1) is 12.7. The number of aryl methyl sites for hydroxylation is 2. The summed E-state index contributed by atoms with van der Waals surface area (Å²) < 4.78 is 1.85. The van der Waals surface area contributed by atoms with Crippen molar-refractivity contribution in [3.63, 3.8) is 0 Å². The minimum atomic E-state index is -0.385. The normalized spacial score (nSPS) is 11.2.